The molecule has 0 spiro atoms. The largest absolute Gasteiger partial charge is 0.508 e. The molecule has 7 heteroatoms. The molecule has 1 aliphatic heterocycles. The summed E-state index contributed by atoms with van der Waals surface area (Å²) < 4.78 is 10.7. The van der Waals surface area contributed by atoms with Crippen molar-refractivity contribution in [3.8, 4) is 17.2 Å². The molecular weight excluding hydrogens is 364 g/mol. The fraction of sp³-hybridized carbons (Fsp3) is 0.200. The number of carbonyl (C=O) groups is 1. The first-order valence-electron chi connectivity index (χ1n) is 8.37. The van der Waals surface area contributed by atoms with Crippen LogP contribution in [0.3, 0.4) is 0 Å². The van der Waals surface area contributed by atoms with Crippen LogP contribution in [0.1, 0.15) is 12.5 Å². The lowest BCUT2D eigenvalue weighted by molar-refractivity contribution is -0.122. The van der Waals surface area contributed by atoms with E-state index in [4.69, 9.17) is 9.47 Å². The Labute approximate surface area is 162 Å². The van der Waals surface area contributed by atoms with Crippen LogP contribution >= 0.6 is 11.8 Å². The maximum Gasteiger partial charge on any atom is 0.266 e. The molecule has 27 heavy (non-hydrogen) atoms. The Balaban J connectivity index is 1.98. The number of likely N-dealkylation sites (N-methyl/N-ethyl adjacent to an activating group) is 1. The number of rotatable bonds is 5. The van der Waals surface area contributed by atoms with Gasteiger partial charge in [0.05, 0.1) is 24.8 Å². The number of amidine groups is 1. The Hall–Kier alpha value is -2.93. The van der Waals surface area contributed by atoms with E-state index in [-0.39, 0.29) is 11.7 Å². The van der Waals surface area contributed by atoms with E-state index in [9.17, 15) is 9.90 Å². The first kappa shape index (κ1) is 18.8. The molecule has 0 bridgehead atoms. The van der Waals surface area contributed by atoms with Crippen LogP contribution in [0.2, 0.25) is 0 Å². The number of aliphatic imine (C=N–C) groups is 1. The van der Waals surface area contributed by atoms with Gasteiger partial charge in [-0.05, 0) is 55.1 Å². The molecular formula is C20H20N2O4S. The highest BCUT2D eigenvalue weighted by atomic mass is 32.2. The van der Waals surface area contributed by atoms with E-state index >= 15 is 0 Å². The zero-order valence-electron chi connectivity index (χ0n) is 15.3. The summed E-state index contributed by atoms with van der Waals surface area (Å²) in [4.78, 5) is 19.5. The molecule has 2 aromatic carbocycles. The molecule has 0 aliphatic carbocycles. The van der Waals surface area contributed by atoms with E-state index in [0.29, 0.717) is 33.8 Å². The Morgan fingerprint density at radius 1 is 1.19 bits per heavy atom. The number of ether oxygens (including phenoxy) is 2. The topological polar surface area (TPSA) is 71.4 Å². The molecule has 6 nitrogen and oxygen atoms in total. The van der Waals surface area contributed by atoms with Crippen molar-refractivity contribution in [3.05, 3.63) is 52.9 Å². The minimum atomic E-state index is -0.119. The Kier molecular flexibility index (Phi) is 5.71. The van der Waals surface area contributed by atoms with Gasteiger partial charge in [-0.25, -0.2) is 4.99 Å². The predicted molar refractivity (Wildman–Crippen MR) is 108 cm³/mol. The van der Waals surface area contributed by atoms with Gasteiger partial charge in [-0.1, -0.05) is 6.07 Å². The van der Waals surface area contributed by atoms with Gasteiger partial charge in [-0.2, -0.15) is 0 Å². The third-order valence-corrected chi connectivity index (χ3v) is 4.99. The molecule has 0 atom stereocenters. The number of phenols is 1. The molecule has 1 saturated heterocycles. The highest BCUT2D eigenvalue weighted by Crippen LogP contribution is 2.36. The molecule has 0 aromatic heterocycles. The van der Waals surface area contributed by atoms with Crippen LogP contribution in [-0.4, -0.2) is 41.8 Å². The van der Waals surface area contributed by atoms with Gasteiger partial charge in [0.25, 0.3) is 5.91 Å². The molecule has 1 aliphatic rings. The van der Waals surface area contributed by atoms with Gasteiger partial charge in [0.2, 0.25) is 0 Å². The quantitative estimate of drug-likeness (QED) is 0.788. The number of thioether (sulfide) groups is 1. The third-order valence-electron chi connectivity index (χ3n) is 3.98. The SMILES string of the molecule is CCN1C(=O)/C(=C/c2cc(OC)ccc2OC)SC1=Nc1cccc(O)c1. The van der Waals surface area contributed by atoms with Crippen molar-refractivity contribution in [1.82, 2.24) is 4.90 Å². The Bertz CT molecular complexity index is 924. The molecule has 1 heterocycles. The zero-order chi connectivity index (χ0) is 19.4. The average molecular weight is 384 g/mol. The second-order valence-electron chi connectivity index (χ2n) is 5.68. The molecule has 0 radical (unpaired) electrons. The first-order valence-corrected chi connectivity index (χ1v) is 9.18. The summed E-state index contributed by atoms with van der Waals surface area (Å²) >= 11 is 1.29. The van der Waals surface area contributed by atoms with Crippen molar-refractivity contribution in [2.45, 2.75) is 6.92 Å². The van der Waals surface area contributed by atoms with Crippen molar-refractivity contribution < 1.29 is 19.4 Å². The summed E-state index contributed by atoms with van der Waals surface area (Å²) in [5.41, 5.74) is 1.34. The van der Waals surface area contributed by atoms with Crippen molar-refractivity contribution in [3.63, 3.8) is 0 Å². The maximum atomic E-state index is 12.8. The summed E-state index contributed by atoms with van der Waals surface area (Å²) in [6, 6.07) is 12.0. The standard InChI is InChI=1S/C20H20N2O4S/c1-4-22-19(24)18(11-13-10-16(25-2)8-9-17(13)26-3)27-20(22)21-14-6-5-7-15(23)12-14/h5-12,23H,4H2,1-3H3/b18-11-,21-20?. The fourth-order valence-electron chi connectivity index (χ4n) is 2.64. The van der Waals surface area contributed by atoms with Crippen LogP contribution < -0.4 is 9.47 Å². The van der Waals surface area contributed by atoms with Crippen LogP contribution in [0.25, 0.3) is 6.08 Å². The lowest BCUT2D eigenvalue weighted by Gasteiger charge is -2.12. The summed E-state index contributed by atoms with van der Waals surface area (Å²) in [6.45, 7) is 2.39. The molecule has 3 rings (SSSR count). The van der Waals surface area contributed by atoms with Crippen LogP contribution in [-0.2, 0) is 4.79 Å². The lowest BCUT2D eigenvalue weighted by Crippen LogP contribution is -2.28. The second-order valence-corrected chi connectivity index (χ2v) is 6.69. The van der Waals surface area contributed by atoms with Crippen molar-refractivity contribution in [2.75, 3.05) is 20.8 Å². The minimum absolute atomic E-state index is 0.119. The lowest BCUT2D eigenvalue weighted by atomic mass is 10.1. The monoisotopic (exact) mass is 384 g/mol. The maximum absolute atomic E-state index is 12.8. The number of nitrogens with zero attached hydrogens (tertiary/aromatic N) is 2. The summed E-state index contributed by atoms with van der Waals surface area (Å²) in [7, 11) is 3.17. The molecule has 140 valence electrons. The number of carbonyl (C=O) groups excluding carboxylic acids is 1. The molecule has 0 unspecified atom stereocenters. The van der Waals surface area contributed by atoms with Crippen molar-refractivity contribution in [2.24, 2.45) is 4.99 Å². The van der Waals surface area contributed by atoms with Gasteiger partial charge in [-0.3, -0.25) is 9.69 Å². The van der Waals surface area contributed by atoms with Gasteiger partial charge in [0.1, 0.15) is 17.2 Å². The summed E-state index contributed by atoms with van der Waals surface area (Å²) in [6.07, 6.45) is 1.78. The van der Waals surface area contributed by atoms with Crippen LogP contribution in [0.15, 0.2) is 52.4 Å². The predicted octanol–water partition coefficient (Wildman–Crippen LogP) is 4.03. The highest BCUT2D eigenvalue weighted by Gasteiger charge is 2.32. The first-order chi connectivity index (χ1) is 13.0. The number of aromatic hydroxyl groups is 1. The molecule has 1 N–H and O–H groups in total. The van der Waals surface area contributed by atoms with Crippen molar-refractivity contribution >= 4 is 34.6 Å². The number of benzene rings is 2. The summed E-state index contributed by atoms with van der Waals surface area (Å²) in [5, 5.41) is 10.2. The Morgan fingerprint density at radius 3 is 2.67 bits per heavy atom. The van der Waals surface area contributed by atoms with Crippen LogP contribution in [0, 0.1) is 0 Å². The van der Waals surface area contributed by atoms with Gasteiger partial charge in [0, 0.05) is 18.2 Å². The van der Waals surface area contributed by atoms with E-state index in [1.165, 1.54) is 11.8 Å². The number of methoxy groups -OCH3 is 2. The van der Waals surface area contributed by atoms with Crippen molar-refractivity contribution in [1.29, 1.82) is 0 Å². The van der Waals surface area contributed by atoms with E-state index in [2.05, 4.69) is 4.99 Å². The molecule has 1 amide bonds. The van der Waals surface area contributed by atoms with E-state index in [1.54, 1.807) is 61.6 Å². The number of hydrogen-bond donors (Lipinski definition) is 1. The van der Waals surface area contributed by atoms with Gasteiger partial charge >= 0.3 is 0 Å². The molecule has 0 saturated carbocycles. The normalized spacial score (nSPS) is 17.0. The second kappa shape index (κ2) is 8.18. The molecule has 2 aromatic rings. The fourth-order valence-corrected chi connectivity index (χ4v) is 3.69. The van der Waals surface area contributed by atoms with E-state index < -0.39 is 0 Å². The highest BCUT2D eigenvalue weighted by molar-refractivity contribution is 8.18. The van der Waals surface area contributed by atoms with Gasteiger partial charge in [0.15, 0.2) is 5.17 Å². The zero-order valence-corrected chi connectivity index (χ0v) is 16.1. The van der Waals surface area contributed by atoms with E-state index in [0.717, 1.165) is 5.56 Å². The van der Waals surface area contributed by atoms with E-state index in [1.807, 2.05) is 13.0 Å². The Morgan fingerprint density at radius 2 is 2.00 bits per heavy atom. The van der Waals surface area contributed by atoms with Gasteiger partial charge in [-0.15, -0.1) is 0 Å². The minimum Gasteiger partial charge on any atom is -0.508 e. The summed E-state index contributed by atoms with van der Waals surface area (Å²) in [5.74, 6) is 1.34. The number of hydrogen-bond acceptors (Lipinski definition) is 6. The molecule has 1 fully saturated rings. The number of amides is 1. The number of phenolic OH excluding ortho intramolecular Hbond substituents is 1. The smallest absolute Gasteiger partial charge is 0.266 e. The van der Waals surface area contributed by atoms with Crippen LogP contribution in [0.5, 0.6) is 17.2 Å². The van der Waals surface area contributed by atoms with Gasteiger partial charge < -0.3 is 14.6 Å². The third kappa shape index (κ3) is 4.09. The van der Waals surface area contributed by atoms with Crippen LogP contribution in [0.4, 0.5) is 5.69 Å². The average Bonchev–Trinajstić information content (AvgIpc) is 2.96.